The second-order valence-electron chi connectivity index (χ2n) is 6.57. The number of thioether (sulfide) groups is 1. The molecule has 0 bridgehead atoms. The molecule has 1 aromatic carbocycles. The van der Waals surface area contributed by atoms with Gasteiger partial charge in [-0.3, -0.25) is 14.4 Å². The highest BCUT2D eigenvalue weighted by molar-refractivity contribution is 8.00. The first kappa shape index (κ1) is 19.2. The average Bonchev–Trinajstić information content (AvgIpc) is 2.60. The molecule has 27 heavy (non-hydrogen) atoms. The normalized spacial score (nSPS) is 13.5. The molecule has 8 heteroatoms. The van der Waals surface area contributed by atoms with Gasteiger partial charge in [-0.15, -0.1) is 11.8 Å². The first-order chi connectivity index (χ1) is 12.8. The number of rotatable bonds is 4. The third kappa shape index (κ3) is 3.75. The van der Waals surface area contributed by atoms with Gasteiger partial charge in [0.15, 0.2) is 0 Å². The number of fused-ring (bicyclic) bond motifs is 1. The number of nitrogens with zero attached hydrogens (tertiary/aromatic N) is 3. The lowest BCUT2D eigenvalue weighted by Crippen LogP contribution is -2.42. The average molecular weight is 386 g/mol. The molecule has 1 aromatic heterocycles. The van der Waals surface area contributed by atoms with Crippen molar-refractivity contribution in [2.45, 2.75) is 39.1 Å². The number of hydrogen-bond donors (Lipinski definition) is 1. The number of aromatic nitrogens is 2. The Morgan fingerprint density at radius 3 is 2.52 bits per heavy atom. The fourth-order valence-electron chi connectivity index (χ4n) is 3.30. The van der Waals surface area contributed by atoms with Crippen LogP contribution >= 0.6 is 11.8 Å². The molecule has 0 saturated heterocycles. The molecular weight excluding hydrogens is 364 g/mol. The minimum Gasteiger partial charge on any atom is -0.324 e. The third-order valence-electron chi connectivity index (χ3n) is 4.46. The van der Waals surface area contributed by atoms with Crippen LogP contribution in [-0.4, -0.2) is 33.9 Å². The summed E-state index contributed by atoms with van der Waals surface area (Å²) in [5.74, 6) is -0.157. The van der Waals surface area contributed by atoms with Crippen molar-refractivity contribution in [2.24, 2.45) is 0 Å². The number of hydrogen-bond acceptors (Lipinski definition) is 5. The number of nitrogens with one attached hydrogen (secondary N) is 1. The highest BCUT2D eigenvalue weighted by Crippen LogP contribution is 2.31. The largest absolute Gasteiger partial charge is 0.324 e. The highest BCUT2D eigenvalue weighted by atomic mass is 32.2. The van der Waals surface area contributed by atoms with Crippen LogP contribution in [0.25, 0.3) is 0 Å². The van der Waals surface area contributed by atoms with Crippen LogP contribution < -0.4 is 15.8 Å². The molecular formula is C19H22N4O3S. The van der Waals surface area contributed by atoms with Gasteiger partial charge in [-0.2, -0.15) is 5.10 Å². The van der Waals surface area contributed by atoms with E-state index >= 15 is 0 Å². The summed E-state index contributed by atoms with van der Waals surface area (Å²) in [5.41, 5.74) is 3.68. The van der Waals surface area contributed by atoms with E-state index in [0.29, 0.717) is 22.9 Å². The van der Waals surface area contributed by atoms with Crippen LogP contribution in [-0.2, 0) is 16.1 Å². The first-order valence-corrected chi connectivity index (χ1v) is 9.71. The van der Waals surface area contributed by atoms with E-state index in [9.17, 15) is 14.4 Å². The molecule has 2 heterocycles. The second kappa shape index (κ2) is 7.56. The SMILES string of the molecule is CCN1C(=O)CSc2cnn(CC(=O)Nc3c(C)cc(C)cc3C)c(=O)c21. The van der Waals surface area contributed by atoms with Crippen molar-refractivity contribution in [3.63, 3.8) is 0 Å². The number of anilines is 2. The van der Waals surface area contributed by atoms with Gasteiger partial charge in [-0.1, -0.05) is 17.7 Å². The quantitative estimate of drug-likeness (QED) is 0.871. The highest BCUT2D eigenvalue weighted by Gasteiger charge is 2.28. The maximum atomic E-state index is 12.8. The molecule has 0 saturated carbocycles. The Hall–Kier alpha value is -2.61. The Bertz CT molecular complexity index is 960. The molecule has 142 valence electrons. The zero-order valence-electron chi connectivity index (χ0n) is 15.8. The summed E-state index contributed by atoms with van der Waals surface area (Å²) in [7, 11) is 0. The number of aryl methyl sites for hydroxylation is 3. The van der Waals surface area contributed by atoms with E-state index in [0.717, 1.165) is 27.1 Å². The summed E-state index contributed by atoms with van der Waals surface area (Å²) in [6.45, 7) is 7.87. The Morgan fingerprint density at radius 2 is 1.89 bits per heavy atom. The van der Waals surface area contributed by atoms with E-state index in [1.165, 1.54) is 16.7 Å². The van der Waals surface area contributed by atoms with Gasteiger partial charge in [0.05, 0.1) is 16.8 Å². The molecule has 0 radical (unpaired) electrons. The molecule has 0 unspecified atom stereocenters. The summed E-state index contributed by atoms with van der Waals surface area (Å²) in [6, 6.07) is 3.99. The predicted molar refractivity (Wildman–Crippen MR) is 107 cm³/mol. The van der Waals surface area contributed by atoms with Crippen molar-refractivity contribution >= 4 is 35.0 Å². The van der Waals surface area contributed by atoms with Gasteiger partial charge in [0.1, 0.15) is 12.2 Å². The smallest absolute Gasteiger partial charge is 0.292 e. The summed E-state index contributed by atoms with van der Waals surface area (Å²) in [4.78, 5) is 39.5. The molecule has 0 spiro atoms. The van der Waals surface area contributed by atoms with Crippen molar-refractivity contribution in [1.29, 1.82) is 0 Å². The van der Waals surface area contributed by atoms with Crippen LogP contribution in [0.1, 0.15) is 23.6 Å². The molecule has 1 aliphatic rings. The van der Waals surface area contributed by atoms with Gasteiger partial charge in [0.2, 0.25) is 11.8 Å². The molecule has 2 amide bonds. The lowest BCUT2D eigenvalue weighted by Gasteiger charge is -2.27. The minimum atomic E-state index is -0.428. The van der Waals surface area contributed by atoms with Gasteiger partial charge in [0, 0.05) is 12.2 Å². The van der Waals surface area contributed by atoms with Crippen LogP contribution in [0.4, 0.5) is 11.4 Å². The summed E-state index contributed by atoms with van der Waals surface area (Å²) < 4.78 is 1.11. The van der Waals surface area contributed by atoms with E-state index in [1.54, 1.807) is 6.20 Å². The van der Waals surface area contributed by atoms with Crippen LogP contribution in [0, 0.1) is 20.8 Å². The molecule has 0 aliphatic carbocycles. The molecule has 3 rings (SSSR count). The predicted octanol–water partition coefficient (Wildman–Crippen LogP) is 2.27. The lowest BCUT2D eigenvalue weighted by atomic mass is 10.1. The Kier molecular flexibility index (Phi) is 5.36. The summed E-state index contributed by atoms with van der Waals surface area (Å²) >= 11 is 1.30. The Balaban J connectivity index is 1.87. The van der Waals surface area contributed by atoms with Crippen LogP contribution in [0.2, 0.25) is 0 Å². The fraction of sp³-hybridized carbons (Fsp3) is 0.368. The van der Waals surface area contributed by atoms with Gasteiger partial charge < -0.3 is 10.2 Å². The first-order valence-electron chi connectivity index (χ1n) is 8.72. The van der Waals surface area contributed by atoms with Crippen LogP contribution in [0.5, 0.6) is 0 Å². The molecule has 2 aromatic rings. The minimum absolute atomic E-state index is 0.111. The van der Waals surface area contributed by atoms with Gasteiger partial charge in [-0.05, 0) is 38.8 Å². The van der Waals surface area contributed by atoms with Crippen molar-refractivity contribution < 1.29 is 9.59 Å². The van der Waals surface area contributed by atoms with Crippen molar-refractivity contribution in [2.75, 3.05) is 22.5 Å². The van der Waals surface area contributed by atoms with Gasteiger partial charge >= 0.3 is 0 Å². The van der Waals surface area contributed by atoms with Gasteiger partial charge in [0.25, 0.3) is 5.56 Å². The fourth-order valence-corrected chi connectivity index (χ4v) is 4.19. The van der Waals surface area contributed by atoms with E-state index < -0.39 is 5.56 Å². The van der Waals surface area contributed by atoms with Crippen molar-refractivity contribution in [1.82, 2.24) is 9.78 Å². The topological polar surface area (TPSA) is 84.3 Å². The number of carbonyl (C=O) groups excluding carboxylic acids is 2. The number of amides is 2. The monoisotopic (exact) mass is 386 g/mol. The van der Waals surface area contributed by atoms with E-state index in [4.69, 9.17) is 0 Å². The third-order valence-corrected chi connectivity index (χ3v) is 5.46. The van der Waals surface area contributed by atoms with E-state index in [1.807, 2.05) is 39.8 Å². The summed E-state index contributed by atoms with van der Waals surface area (Å²) in [6.07, 6.45) is 1.55. The lowest BCUT2D eigenvalue weighted by molar-refractivity contribution is -0.117. The van der Waals surface area contributed by atoms with Crippen molar-refractivity contribution in [3.8, 4) is 0 Å². The zero-order valence-corrected chi connectivity index (χ0v) is 16.6. The Labute approximate surface area is 161 Å². The number of benzene rings is 1. The number of carbonyl (C=O) groups is 2. The molecule has 1 aliphatic heterocycles. The van der Waals surface area contributed by atoms with E-state index in [2.05, 4.69) is 10.4 Å². The molecule has 7 nitrogen and oxygen atoms in total. The van der Waals surface area contributed by atoms with Gasteiger partial charge in [-0.25, -0.2) is 4.68 Å². The van der Waals surface area contributed by atoms with Crippen molar-refractivity contribution in [3.05, 3.63) is 45.4 Å². The van der Waals surface area contributed by atoms with Crippen LogP contribution in [0.15, 0.2) is 28.0 Å². The standard InChI is InChI=1S/C19H22N4O3S/c1-5-22-16(25)10-27-14-8-20-23(19(26)18(14)22)9-15(24)21-17-12(3)6-11(2)7-13(17)4/h6-8H,5,9-10H2,1-4H3,(H,21,24). The second-order valence-corrected chi connectivity index (χ2v) is 7.59. The zero-order chi connectivity index (χ0) is 19.7. The van der Waals surface area contributed by atoms with E-state index in [-0.39, 0.29) is 18.4 Å². The maximum absolute atomic E-state index is 12.8. The summed E-state index contributed by atoms with van der Waals surface area (Å²) in [5, 5.41) is 6.98. The molecule has 0 atom stereocenters. The molecule has 1 N–H and O–H groups in total. The molecule has 0 fully saturated rings. The van der Waals surface area contributed by atoms with Crippen LogP contribution in [0.3, 0.4) is 0 Å². The maximum Gasteiger partial charge on any atom is 0.292 e. The Morgan fingerprint density at radius 1 is 1.22 bits per heavy atom.